The van der Waals surface area contributed by atoms with Crippen LogP contribution >= 0.6 is 11.3 Å². The maximum atomic E-state index is 12.1. The van der Waals surface area contributed by atoms with Crippen LogP contribution in [0.25, 0.3) is 0 Å². The van der Waals surface area contributed by atoms with E-state index in [2.05, 4.69) is 22.1 Å². The van der Waals surface area contributed by atoms with Crippen LogP contribution in [0.4, 0.5) is 5.13 Å². The second-order valence-corrected chi connectivity index (χ2v) is 8.00. The Morgan fingerprint density at radius 3 is 2.88 bits per heavy atom. The Bertz CT molecular complexity index is 751. The van der Waals surface area contributed by atoms with E-state index >= 15 is 0 Å². The third-order valence-electron chi connectivity index (χ3n) is 4.97. The summed E-state index contributed by atoms with van der Waals surface area (Å²) in [6.45, 7) is 9.45. The third-order valence-corrected chi connectivity index (χ3v) is 5.78. The summed E-state index contributed by atoms with van der Waals surface area (Å²) >= 11 is 1.47. The Balaban J connectivity index is 1.47. The number of benzene rings is 1. The molecule has 3 rings (SSSR count). The molecule has 1 aliphatic rings. The minimum Gasteiger partial charge on any atom is -0.483 e. The van der Waals surface area contributed by atoms with Gasteiger partial charge in [0.15, 0.2) is 11.7 Å². The molecule has 1 aliphatic heterocycles. The Hall–Kier alpha value is -1.92. The monoisotopic (exact) mass is 373 g/mol. The number of likely N-dealkylation sites (tertiary alicyclic amines) is 1. The highest BCUT2D eigenvalue weighted by atomic mass is 32.1. The number of carbonyl (C=O) groups is 1. The molecule has 0 bridgehead atoms. The van der Waals surface area contributed by atoms with Gasteiger partial charge >= 0.3 is 0 Å². The van der Waals surface area contributed by atoms with E-state index in [0.29, 0.717) is 5.13 Å². The van der Waals surface area contributed by atoms with Crippen molar-refractivity contribution in [2.45, 2.75) is 40.2 Å². The number of rotatable bonds is 6. The summed E-state index contributed by atoms with van der Waals surface area (Å²) in [6, 6.07) is 5.85. The molecule has 6 heteroatoms. The summed E-state index contributed by atoms with van der Waals surface area (Å²) in [5, 5.41) is 5.50. The molecule has 2 heterocycles. The average molecular weight is 374 g/mol. The van der Waals surface area contributed by atoms with Crippen molar-refractivity contribution < 1.29 is 9.53 Å². The first-order chi connectivity index (χ1) is 12.5. The van der Waals surface area contributed by atoms with Gasteiger partial charge in [0.05, 0.1) is 5.69 Å². The summed E-state index contributed by atoms with van der Waals surface area (Å²) in [6.07, 6.45) is 2.51. The number of hydrogen-bond acceptors (Lipinski definition) is 5. The van der Waals surface area contributed by atoms with E-state index in [1.165, 1.54) is 24.2 Å². The molecule has 1 aromatic heterocycles. The van der Waals surface area contributed by atoms with Crippen LogP contribution < -0.4 is 10.1 Å². The largest absolute Gasteiger partial charge is 0.483 e. The van der Waals surface area contributed by atoms with Crippen molar-refractivity contribution in [3.8, 4) is 5.75 Å². The molecule has 0 radical (unpaired) electrons. The number of aromatic nitrogens is 1. The molecule has 0 aliphatic carbocycles. The summed E-state index contributed by atoms with van der Waals surface area (Å²) in [5.74, 6) is 1.39. The number of carbonyl (C=O) groups excluding carboxylic acids is 1. The lowest BCUT2D eigenvalue weighted by Gasteiger charge is -2.29. The molecule has 1 amide bonds. The van der Waals surface area contributed by atoms with E-state index in [-0.39, 0.29) is 12.5 Å². The van der Waals surface area contributed by atoms with E-state index in [1.807, 2.05) is 37.4 Å². The lowest BCUT2D eigenvalue weighted by atomic mass is 9.99. The molecule has 0 spiro atoms. The maximum absolute atomic E-state index is 12.1. The highest BCUT2D eigenvalue weighted by molar-refractivity contribution is 7.13. The van der Waals surface area contributed by atoms with Crippen molar-refractivity contribution in [3.05, 3.63) is 40.4 Å². The van der Waals surface area contributed by atoms with Crippen LogP contribution in [0.15, 0.2) is 23.6 Å². The van der Waals surface area contributed by atoms with Gasteiger partial charge in [0, 0.05) is 11.9 Å². The molecular formula is C20H27N3O2S. The first-order valence-electron chi connectivity index (χ1n) is 9.17. The molecule has 140 valence electrons. The summed E-state index contributed by atoms with van der Waals surface area (Å²) < 4.78 is 5.65. The Kier molecular flexibility index (Phi) is 6.27. The standard InChI is InChI=1S/C20H27N3O2S/c1-14-7-9-23(10-8-14)11-17-13-26-20(21-17)22-19(24)12-25-18-6-4-5-15(2)16(18)3/h4-6,13-14H,7-12H2,1-3H3,(H,21,22,24). The van der Waals surface area contributed by atoms with Gasteiger partial charge in [-0.2, -0.15) is 0 Å². The molecule has 1 N–H and O–H groups in total. The van der Waals surface area contributed by atoms with Gasteiger partial charge in [-0.3, -0.25) is 15.0 Å². The van der Waals surface area contributed by atoms with Gasteiger partial charge in [-0.05, 0) is 62.9 Å². The van der Waals surface area contributed by atoms with Gasteiger partial charge in [0.2, 0.25) is 0 Å². The van der Waals surface area contributed by atoms with Gasteiger partial charge in [-0.1, -0.05) is 19.1 Å². The summed E-state index contributed by atoms with van der Waals surface area (Å²) in [5.41, 5.74) is 3.24. The molecule has 5 nitrogen and oxygen atoms in total. The second-order valence-electron chi connectivity index (χ2n) is 7.14. The predicted octanol–water partition coefficient (Wildman–Crippen LogP) is 4.01. The van der Waals surface area contributed by atoms with Crippen molar-refractivity contribution in [2.24, 2.45) is 5.92 Å². The Morgan fingerprint density at radius 2 is 2.12 bits per heavy atom. The highest BCUT2D eigenvalue weighted by Gasteiger charge is 2.17. The summed E-state index contributed by atoms with van der Waals surface area (Å²) in [7, 11) is 0. The van der Waals surface area contributed by atoms with Gasteiger partial charge in [0.1, 0.15) is 5.75 Å². The second kappa shape index (κ2) is 8.64. The number of piperidine rings is 1. The van der Waals surface area contributed by atoms with E-state index in [9.17, 15) is 4.79 Å². The van der Waals surface area contributed by atoms with Crippen molar-refractivity contribution in [3.63, 3.8) is 0 Å². The molecular weight excluding hydrogens is 346 g/mol. The molecule has 26 heavy (non-hydrogen) atoms. The van der Waals surface area contributed by atoms with E-state index in [1.54, 1.807) is 0 Å². The number of thiazole rings is 1. The van der Waals surface area contributed by atoms with E-state index in [0.717, 1.165) is 48.1 Å². The number of hydrogen-bond donors (Lipinski definition) is 1. The van der Waals surface area contributed by atoms with Crippen LogP contribution in [0.5, 0.6) is 5.75 Å². The van der Waals surface area contributed by atoms with Crippen molar-refractivity contribution in [1.82, 2.24) is 9.88 Å². The van der Waals surface area contributed by atoms with Gasteiger partial charge in [-0.15, -0.1) is 11.3 Å². The van der Waals surface area contributed by atoms with Crippen LogP contribution in [0.3, 0.4) is 0 Å². The maximum Gasteiger partial charge on any atom is 0.264 e. The van der Waals surface area contributed by atoms with Gasteiger partial charge in [-0.25, -0.2) is 4.98 Å². The fourth-order valence-corrected chi connectivity index (χ4v) is 3.78. The number of aryl methyl sites for hydroxylation is 1. The van der Waals surface area contributed by atoms with E-state index < -0.39 is 0 Å². The smallest absolute Gasteiger partial charge is 0.264 e. The van der Waals surface area contributed by atoms with Crippen molar-refractivity contribution >= 4 is 22.4 Å². The third kappa shape index (κ3) is 5.05. The van der Waals surface area contributed by atoms with Gasteiger partial charge < -0.3 is 4.74 Å². The zero-order valence-corrected chi connectivity index (χ0v) is 16.6. The quantitative estimate of drug-likeness (QED) is 0.831. The van der Waals surface area contributed by atoms with Crippen LogP contribution in [0.1, 0.15) is 36.6 Å². The molecule has 1 saturated heterocycles. The highest BCUT2D eigenvalue weighted by Crippen LogP contribution is 2.22. The Morgan fingerprint density at radius 1 is 1.35 bits per heavy atom. The fraction of sp³-hybridized carbons (Fsp3) is 0.500. The molecule has 0 unspecified atom stereocenters. The number of amides is 1. The van der Waals surface area contributed by atoms with Crippen molar-refractivity contribution in [1.29, 1.82) is 0 Å². The molecule has 0 atom stereocenters. The first kappa shape index (κ1) is 18.9. The van der Waals surface area contributed by atoms with Crippen LogP contribution in [0.2, 0.25) is 0 Å². The molecule has 1 fully saturated rings. The number of ether oxygens (including phenoxy) is 1. The van der Waals surface area contributed by atoms with Crippen LogP contribution in [0, 0.1) is 19.8 Å². The van der Waals surface area contributed by atoms with E-state index in [4.69, 9.17) is 4.74 Å². The van der Waals surface area contributed by atoms with Crippen LogP contribution in [-0.4, -0.2) is 35.5 Å². The molecule has 1 aromatic carbocycles. The first-order valence-corrected chi connectivity index (χ1v) is 10.0. The minimum atomic E-state index is -0.182. The van der Waals surface area contributed by atoms with Gasteiger partial charge in [0.25, 0.3) is 5.91 Å². The van der Waals surface area contributed by atoms with Crippen LogP contribution in [-0.2, 0) is 11.3 Å². The number of nitrogens with one attached hydrogen (secondary N) is 1. The lowest BCUT2D eigenvalue weighted by molar-refractivity contribution is -0.118. The summed E-state index contributed by atoms with van der Waals surface area (Å²) in [4.78, 5) is 19.1. The number of anilines is 1. The number of nitrogens with zero attached hydrogens (tertiary/aromatic N) is 2. The minimum absolute atomic E-state index is 0.0107. The average Bonchev–Trinajstić information content (AvgIpc) is 3.05. The lowest BCUT2D eigenvalue weighted by Crippen LogP contribution is -2.32. The molecule has 2 aromatic rings. The topological polar surface area (TPSA) is 54.5 Å². The zero-order chi connectivity index (χ0) is 18.5. The predicted molar refractivity (Wildman–Crippen MR) is 106 cm³/mol. The molecule has 0 saturated carbocycles. The van der Waals surface area contributed by atoms with Crippen molar-refractivity contribution in [2.75, 3.05) is 25.0 Å². The Labute approximate surface area is 159 Å². The zero-order valence-electron chi connectivity index (χ0n) is 15.7. The SMILES string of the molecule is Cc1cccc(OCC(=O)Nc2nc(CN3CCC(C)CC3)cs2)c1C. The fourth-order valence-electron chi connectivity index (χ4n) is 3.07. The normalized spacial score (nSPS) is 15.8.